The van der Waals surface area contributed by atoms with E-state index in [2.05, 4.69) is 5.32 Å². The van der Waals surface area contributed by atoms with E-state index in [9.17, 15) is 8.78 Å². The second-order valence-corrected chi connectivity index (χ2v) is 2.00. The zero-order valence-corrected chi connectivity index (χ0v) is 6.77. The van der Waals surface area contributed by atoms with Crippen LogP contribution in [0.2, 0.25) is 0 Å². The highest BCUT2D eigenvalue weighted by molar-refractivity contribution is 5.85. The van der Waals surface area contributed by atoms with Crippen LogP contribution in [0, 0.1) is 0 Å². The molecule has 0 saturated carbocycles. The zero-order valence-electron chi connectivity index (χ0n) is 5.14. The minimum Gasteiger partial charge on any atom is -0.322 e. The molecule has 1 heterocycles. The lowest BCUT2D eigenvalue weighted by Gasteiger charge is -2.10. The zero-order chi connectivity index (χ0) is 6.20. The van der Waals surface area contributed by atoms with Gasteiger partial charge in [-0.15, -0.1) is 24.8 Å². The summed E-state index contributed by atoms with van der Waals surface area (Å²) in [6.45, 7) is -0.0405. The first-order valence-electron chi connectivity index (χ1n) is 2.47. The first-order chi connectivity index (χ1) is 3.63. The van der Waals surface area contributed by atoms with E-state index in [-0.39, 0.29) is 37.9 Å². The van der Waals surface area contributed by atoms with E-state index in [1.807, 2.05) is 0 Å². The molecule has 0 radical (unpaired) electrons. The fourth-order valence-electron chi connectivity index (χ4n) is 0.675. The number of hydrogen-bond donors (Lipinski definition) is 2. The summed E-state index contributed by atoms with van der Waals surface area (Å²) in [4.78, 5) is 0. The largest absolute Gasteiger partial charge is 0.322 e. The number of rotatable bonds is 0. The molecule has 0 amide bonds. The van der Waals surface area contributed by atoms with Gasteiger partial charge >= 0.3 is 0 Å². The predicted octanol–water partition coefficient (Wildman–Crippen LogP) is 0.396. The van der Waals surface area contributed by atoms with Gasteiger partial charge in [-0.2, -0.15) is 0 Å². The third-order valence-electron chi connectivity index (χ3n) is 1.27. The molecule has 0 aromatic rings. The van der Waals surface area contributed by atoms with Crippen molar-refractivity contribution in [3.63, 3.8) is 0 Å². The molecular formula is C4H10Cl2F2N2. The average Bonchev–Trinajstić information content (AvgIpc) is 1.86. The summed E-state index contributed by atoms with van der Waals surface area (Å²) in [5, 5.41) is 2.49. The first-order valence-corrected chi connectivity index (χ1v) is 2.47. The third kappa shape index (κ3) is 2.54. The van der Waals surface area contributed by atoms with Crippen LogP contribution < -0.4 is 11.1 Å². The molecule has 1 atom stereocenters. The fraction of sp³-hybridized carbons (Fsp3) is 1.00. The van der Waals surface area contributed by atoms with Gasteiger partial charge in [-0.25, -0.2) is 8.78 Å². The minimum atomic E-state index is -2.68. The summed E-state index contributed by atoms with van der Waals surface area (Å²) < 4.78 is 24.3. The Bertz CT molecular complexity index is 101. The lowest BCUT2D eigenvalue weighted by Crippen LogP contribution is -2.38. The van der Waals surface area contributed by atoms with Crippen LogP contribution in [-0.4, -0.2) is 25.1 Å². The van der Waals surface area contributed by atoms with E-state index < -0.39 is 12.0 Å². The average molecular weight is 195 g/mol. The van der Waals surface area contributed by atoms with E-state index in [0.29, 0.717) is 0 Å². The van der Waals surface area contributed by atoms with Gasteiger partial charge in [-0.1, -0.05) is 0 Å². The quantitative estimate of drug-likeness (QED) is 0.586. The topological polar surface area (TPSA) is 38.0 Å². The Labute approximate surface area is 70.4 Å². The van der Waals surface area contributed by atoms with Crippen molar-refractivity contribution in [1.82, 2.24) is 5.32 Å². The second kappa shape index (κ2) is 4.28. The minimum absolute atomic E-state index is 0. The Morgan fingerprint density at radius 1 is 1.40 bits per heavy atom. The molecule has 3 N–H and O–H groups in total. The van der Waals surface area contributed by atoms with Crippen LogP contribution in [0.5, 0.6) is 0 Å². The molecule has 0 aliphatic carbocycles. The predicted molar refractivity (Wildman–Crippen MR) is 40.3 cm³/mol. The Kier molecular flexibility index (Phi) is 5.56. The van der Waals surface area contributed by atoms with Crippen molar-refractivity contribution < 1.29 is 8.78 Å². The molecular weight excluding hydrogens is 185 g/mol. The lowest BCUT2D eigenvalue weighted by atomic mass is 10.2. The van der Waals surface area contributed by atoms with Crippen molar-refractivity contribution in [1.29, 1.82) is 0 Å². The van der Waals surface area contributed by atoms with Crippen molar-refractivity contribution in [3.05, 3.63) is 0 Å². The van der Waals surface area contributed by atoms with Gasteiger partial charge in [0.1, 0.15) is 0 Å². The number of alkyl halides is 2. The summed E-state index contributed by atoms with van der Waals surface area (Å²) >= 11 is 0. The van der Waals surface area contributed by atoms with Crippen molar-refractivity contribution >= 4 is 24.8 Å². The highest BCUT2D eigenvalue weighted by Crippen LogP contribution is 2.19. The maximum Gasteiger partial charge on any atom is 0.276 e. The number of hydrogen-bond acceptors (Lipinski definition) is 2. The Morgan fingerprint density at radius 3 is 2.00 bits per heavy atom. The van der Waals surface area contributed by atoms with Gasteiger partial charge in [-0.3, -0.25) is 0 Å². The molecule has 1 aliphatic heterocycles. The standard InChI is InChI=1S/C4H8F2N2.2ClH/c5-4(6)2-8-1-3(4)7;;/h3,8H,1-2,7H2;2*1H. The Hall–Kier alpha value is 0.360. The summed E-state index contributed by atoms with van der Waals surface area (Å²) in [7, 11) is 0. The van der Waals surface area contributed by atoms with Gasteiger partial charge in [0.05, 0.1) is 12.6 Å². The molecule has 6 heteroatoms. The van der Waals surface area contributed by atoms with Gasteiger partial charge in [0.25, 0.3) is 5.92 Å². The van der Waals surface area contributed by atoms with Crippen LogP contribution in [0.25, 0.3) is 0 Å². The first kappa shape index (κ1) is 13.0. The van der Waals surface area contributed by atoms with Crippen LogP contribution in [0.4, 0.5) is 8.78 Å². The van der Waals surface area contributed by atoms with Crippen LogP contribution in [0.3, 0.4) is 0 Å². The third-order valence-corrected chi connectivity index (χ3v) is 1.27. The molecule has 0 bridgehead atoms. The molecule has 0 aromatic heterocycles. The maximum absolute atomic E-state index is 12.2. The molecule has 0 aromatic carbocycles. The van der Waals surface area contributed by atoms with Gasteiger partial charge in [-0.05, 0) is 0 Å². The smallest absolute Gasteiger partial charge is 0.276 e. The second-order valence-electron chi connectivity index (χ2n) is 2.00. The number of nitrogens with two attached hydrogens (primary N) is 1. The Morgan fingerprint density at radius 2 is 1.90 bits per heavy atom. The molecule has 1 fully saturated rings. The van der Waals surface area contributed by atoms with E-state index in [1.54, 1.807) is 0 Å². The van der Waals surface area contributed by atoms with Crippen molar-refractivity contribution in [2.24, 2.45) is 5.73 Å². The highest BCUT2D eigenvalue weighted by atomic mass is 35.5. The van der Waals surface area contributed by atoms with Crippen LogP contribution in [-0.2, 0) is 0 Å². The summed E-state index contributed by atoms with van der Waals surface area (Å²) in [6, 6.07) is -0.984. The van der Waals surface area contributed by atoms with E-state index >= 15 is 0 Å². The Balaban J connectivity index is 0. The SMILES string of the molecule is Cl.Cl.NC1CNCC1(F)F. The molecule has 2 nitrogen and oxygen atoms in total. The highest BCUT2D eigenvalue weighted by Gasteiger charge is 2.41. The monoisotopic (exact) mass is 194 g/mol. The number of halogens is 4. The maximum atomic E-state index is 12.2. The summed E-state index contributed by atoms with van der Waals surface area (Å²) in [6.07, 6.45) is 0. The molecule has 64 valence electrons. The molecule has 1 rings (SSSR count). The lowest BCUT2D eigenvalue weighted by molar-refractivity contribution is 0.00814. The van der Waals surface area contributed by atoms with Crippen LogP contribution in [0.1, 0.15) is 0 Å². The summed E-state index contributed by atoms with van der Waals surface area (Å²) in [5.74, 6) is -2.68. The van der Waals surface area contributed by atoms with E-state index in [0.717, 1.165) is 0 Å². The summed E-state index contributed by atoms with van der Waals surface area (Å²) in [5.41, 5.74) is 5.00. The van der Waals surface area contributed by atoms with Gasteiger partial charge in [0, 0.05) is 6.54 Å². The normalized spacial score (nSPS) is 28.5. The van der Waals surface area contributed by atoms with Gasteiger partial charge in [0.15, 0.2) is 0 Å². The van der Waals surface area contributed by atoms with Crippen molar-refractivity contribution in [3.8, 4) is 0 Å². The molecule has 1 aliphatic rings. The van der Waals surface area contributed by atoms with Gasteiger partial charge < -0.3 is 11.1 Å². The molecule has 1 unspecified atom stereocenters. The van der Waals surface area contributed by atoms with Crippen molar-refractivity contribution in [2.45, 2.75) is 12.0 Å². The molecule has 0 spiro atoms. The van der Waals surface area contributed by atoms with E-state index in [1.165, 1.54) is 0 Å². The van der Waals surface area contributed by atoms with Gasteiger partial charge in [0.2, 0.25) is 0 Å². The van der Waals surface area contributed by atoms with Crippen molar-refractivity contribution in [2.75, 3.05) is 13.1 Å². The molecule has 10 heavy (non-hydrogen) atoms. The van der Waals surface area contributed by atoms with E-state index in [4.69, 9.17) is 5.73 Å². The number of nitrogens with one attached hydrogen (secondary N) is 1. The molecule has 1 saturated heterocycles. The van der Waals surface area contributed by atoms with Crippen LogP contribution >= 0.6 is 24.8 Å². The fourth-order valence-corrected chi connectivity index (χ4v) is 0.675. The van der Waals surface area contributed by atoms with Crippen LogP contribution in [0.15, 0.2) is 0 Å².